The Labute approximate surface area is 89.6 Å². The minimum absolute atomic E-state index is 0.0525. The molecule has 1 aromatic carbocycles. The number of carbonyl (C=O) groups is 1. The van der Waals surface area contributed by atoms with Crippen molar-refractivity contribution < 1.29 is 14.3 Å². The lowest BCUT2D eigenvalue weighted by atomic mass is 10.2. The van der Waals surface area contributed by atoms with Gasteiger partial charge in [-0.15, -0.1) is 0 Å². The van der Waals surface area contributed by atoms with Gasteiger partial charge < -0.3 is 5.11 Å². The molecule has 0 amide bonds. The molecule has 0 unspecified atom stereocenters. The summed E-state index contributed by atoms with van der Waals surface area (Å²) in [7, 11) is 0. The fraction of sp³-hybridized carbons (Fsp3) is 0. The van der Waals surface area contributed by atoms with Gasteiger partial charge in [0.15, 0.2) is 0 Å². The van der Waals surface area contributed by atoms with E-state index < -0.39 is 11.8 Å². The molecule has 0 spiro atoms. The van der Waals surface area contributed by atoms with Gasteiger partial charge in [-0.05, 0) is 23.8 Å². The average Bonchev–Trinajstić information content (AvgIpc) is 2.10. The van der Waals surface area contributed by atoms with Crippen molar-refractivity contribution in [3.05, 3.63) is 39.6 Å². The molecule has 0 bridgehead atoms. The zero-order chi connectivity index (χ0) is 10.7. The van der Waals surface area contributed by atoms with Crippen LogP contribution < -0.4 is 0 Å². The summed E-state index contributed by atoms with van der Waals surface area (Å²) in [5.41, 5.74) is 0.347. The quantitative estimate of drug-likeness (QED) is 0.631. The standard InChI is InChI=1S/C9H5Cl2FO2/c10-6-3-5(1-2-8(13)14)4-7(12)9(6)11/h1-4H,(H,13,14). The summed E-state index contributed by atoms with van der Waals surface area (Å²) in [6.07, 6.45) is 2.12. The van der Waals surface area contributed by atoms with Crippen LogP contribution in [0.3, 0.4) is 0 Å². The minimum atomic E-state index is -1.11. The molecule has 1 rings (SSSR count). The first kappa shape index (κ1) is 11.0. The first-order valence-electron chi connectivity index (χ1n) is 3.56. The van der Waals surface area contributed by atoms with E-state index in [0.717, 1.165) is 12.1 Å². The smallest absolute Gasteiger partial charge is 0.328 e. The Morgan fingerprint density at radius 2 is 2.07 bits per heavy atom. The second-order valence-electron chi connectivity index (χ2n) is 2.47. The number of carboxylic acid groups (broad SMARTS) is 1. The lowest BCUT2D eigenvalue weighted by Gasteiger charge is -1.99. The van der Waals surface area contributed by atoms with Gasteiger partial charge in [-0.3, -0.25) is 0 Å². The van der Waals surface area contributed by atoms with Crippen LogP contribution in [0.4, 0.5) is 4.39 Å². The number of halogens is 3. The second kappa shape index (κ2) is 4.44. The summed E-state index contributed by atoms with van der Waals surface area (Å²) >= 11 is 11.0. The number of hydrogen-bond acceptors (Lipinski definition) is 1. The van der Waals surface area contributed by atoms with Crippen molar-refractivity contribution in [3.63, 3.8) is 0 Å². The predicted molar refractivity (Wildman–Crippen MR) is 53.1 cm³/mol. The average molecular weight is 235 g/mol. The van der Waals surface area contributed by atoms with Crippen LogP contribution in [-0.2, 0) is 4.79 Å². The molecule has 0 saturated carbocycles. The van der Waals surface area contributed by atoms with E-state index in [9.17, 15) is 9.18 Å². The van der Waals surface area contributed by atoms with Gasteiger partial charge in [-0.25, -0.2) is 9.18 Å². The van der Waals surface area contributed by atoms with Crippen LogP contribution >= 0.6 is 23.2 Å². The maximum Gasteiger partial charge on any atom is 0.328 e. The SMILES string of the molecule is O=C(O)C=Cc1cc(F)c(Cl)c(Cl)c1. The summed E-state index contributed by atoms with van der Waals surface area (Å²) in [6.45, 7) is 0. The van der Waals surface area contributed by atoms with Gasteiger partial charge in [0, 0.05) is 6.08 Å². The minimum Gasteiger partial charge on any atom is -0.478 e. The Kier molecular flexibility index (Phi) is 3.49. The molecule has 2 nitrogen and oxygen atoms in total. The molecule has 0 saturated heterocycles. The zero-order valence-electron chi connectivity index (χ0n) is 6.80. The fourth-order valence-corrected chi connectivity index (χ4v) is 1.16. The van der Waals surface area contributed by atoms with Crippen LogP contribution in [0.1, 0.15) is 5.56 Å². The van der Waals surface area contributed by atoms with E-state index in [0.29, 0.717) is 5.56 Å². The Morgan fingerprint density at radius 3 is 2.57 bits per heavy atom. The summed E-state index contributed by atoms with van der Waals surface area (Å²) in [5, 5.41) is 8.21. The Balaban J connectivity index is 3.07. The maximum absolute atomic E-state index is 13.0. The summed E-state index contributed by atoms with van der Waals surface area (Å²) in [4.78, 5) is 10.2. The van der Waals surface area contributed by atoms with Crippen molar-refractivity contribution in [2.45, 2.75) is 0 Å². The molecule has 0 radical (unpaired) electrons. The van der Waals surface area contributed by atoms with Crippen LogP contribution in [0.2, 0.25) is 10.0 Å². The van der Waals surface area contributed by atoms with E-state index in [4.69, 9.17) is 28.3 Å². The van der Waals surface area contributed by atoms with Gasteiger partial charge in [-0.2, -0.15) is 0 Å². The van der Waals surface area contributed by atoms with E-state index in [-0.39, 0.29) is 10.0 Å². The predicted octanol–water partition coefficient (Wildman–Crippen LogP) is 3.23. The molecule has 0 aliphatic carbocycles. The Hall–Kier alpha value is -1.06. The molecule has 0 heterocycles. The fourth-order valence-electron chi connectivity index (χ4n) is 0.839. The highest BCUT2D eigenvalue weighted by molar-refractivity contribution is 6.42. The van der Waals surface area contributed by atoms with Crippen molar-refractivity contribution in [3.8, 4) is 0 Å². The van der Waals surface area contributed by atoms with Crippen molar-refractivity contribution in [2.75, 3.05) is 0 Å². The molecule has 0 aliphatic rings. The van der Waals surface area contributed by atoms with Crippen molar-refractivity contribution in [1.82, 2.24) is 0 Å². The van der Waals surface area contributed by atoms with Crippen molar-refractivity contribution >= 4 is 35.2 Å². The summed E-state index contributed by atoms with van der Waals surface area (Å²) in [6, 6.07) is 2.49. The highest BCUT2D eigenvalue weighted by Crippen LogP contribution is 2.26. The zero-order valence-corrected chi connectivity index (χ0v) is 8.31. The number of hydrogen-bond donors (Lipinski definition) is 1. The van der Waals surface area contributed by atoms with Crippen LogP contribution in [-0.4, -0.2) is 11.1 Å². The van der Waals surface area contributed by atoms with Crippen molar-refractivity contribution in [1.29, 1.82) is 0 Å². The molecular weight excluding hydrogens is 230 g/mol. The number of benzene rings is 1. The molecule has 0 atom stereocenters. The molecule has 0 aliphatic heterocycles. The van der Waals surface area contributed by atoms with E-state index in [2.05, 4.69) is 0 Å². The molecule has 74 valence electrons. The van der Waals surface area contributed by atoms with Crippen molar-refractivity contribution in [2.24, 2.45) is 0 Å². The molecule has 0 fully saturated rings. The first-order chi connectivity index (χ1) is 6.50. The molecule has 1 aromatic rings. The molecule has 0 aromatic heterocycles. The lowest BCUT2D eigenvalue weighted by Crippen LogP contribution is -1.87. The van der Waals surface area contributed by atoms with Gasteiger partial charge in [0.25, 0.3) is 0 Å². The van der Waals surface area contributed by atoms with Gasteiger partial charge in [0.05, 0.1) is 10.0 Å². The third-order valence-corrected chi connectivity index (χ3v) is 2.20. The van der Waals surface area contributed by atoms with E-state index >= 15 is 0 Å². The third kappa shape index (κ3) is 2.72. The number of carboxylic acids is 1. The third-order valence-electron chi connectivity index (χ3n) is 1.42. The van der Waals surface area contributed by atoms with Crippen LogP contribution in [0.15, 0.2) is 18.2 Å². The first-order valence-corrected chi connectivity index (χ1v) is 4.32. The number of aliphatic carboxylic acids is 1. The summed E-state index contributed by atoms with van der Waals surface area (Å²) < 4.78 is 13.0. The van der Waals surface area contributed by atoms with Crippen LogP contribution in [0, 0.1) is 5.82 Å². The van der Waals surface area contributed by atoms with Gasteiger partial charge >= 0.3 is 5.97 Å². The van der Waals surface area contributed by atoms with E-state index in [1.54, 1.807) is 0 Å². The molecule has 1 N–H and O–H groups in total. The number of rotatable bonds is 2. The Morgan fingerprint density at radius 1 is 1.43 bits per heavy atom. The molecular formula is C9H5Cl2FO2. The maximum atomic E-state index is 13.0. The van der Waals surface area contributed by atoms with Gasteiger partial charge in [0.2, 0.25) is 0 Å². The van der Waals surface area contributed by atoms with Gasteiger partial charge in [0.1, 0.15) is 5.82 Å². The summed E-state index contributed by atoms with van der Waals surface area (Å²) in [5.74, 6) is -1.79. The van der Waals surface area contributed by atoms with E-state index in [1.807, 2.05) is 0 Å². The Bertz CT molecular complexity index is 379. The lowest BCUT2D eigenvalue weighted by molar-refractivity contribution is -0.131. The molecule has 14 heavy (non-hydrogen) atoms. The van der Waals surface area contributed by atoms with Crippen LogP contribution in [0.25, 0.3) is 6.08 Å². The van der Waals surface area contributed by atoms with Crippen LogP contribution in [0.5, 0.6) is 0 Å². The largest absolute Gasteiger partial charge is 0.478 e. The second-order valence-corrected chi connectivity index (χ2v) is 3.26. The molecule has 5 heteroatoms. The topological polar surface area (TPSA) is 37.3 Å². The van der Waals surface area contributed by atoms with Gasteiger partial charge in [-0.1, -0.05) is 23.2 Å². The van der Waals surface area contributed by atoms with E-state index in [1.165, 1.54) is 12.1 Å². The highest BCUT2D eigenvalue weighted by Gasteiger charge is 2.05. The highest BCUT2D eigenvalue weighted by atomic mass is 35.5. The normalized spacial score (nSPS) is 10.8. The monoisotopic (exact) mass is 234 g/mol.